The van der Waals surface area contributed by atoms with E-state index in [1.807, 2.05) is 0 Å². The van der Waals surface area contributed by atoms with Crippen molar-refractivity contribution in [3.63, 3.8) is 0 Å². The highest BCUT2D eigenvalue weighted by atomic mass is 16.5. The summed E-state index contributed by atoms with van der Waals surface area (Å²) in [6.07, 6.45) is 12.7. The van der Waals surface area contributed by atoms with E-state index in [4.69, 9.17) is 4.74 Å². The molecule has 3 heteroatoms. The molecule has 0 atom stereocenters. The van der Waals surface area contributed by atoms with E-state index in [1.54, 1.807) is 5.57 Å². The number of rotatable bonds is 4. The van der Waals surface area contributed by atoms with Crippen LogP contribution >= 0.6 is 0 Å². The summed E-state index contributed by atoms with van der Waals surface area (Å²) in [7, 11) is 0. The lowest BCUT2D eigenvalue weighted by Gasteiger charge is -2.36. The number of hydrogen-bond donors (Lipinski definition) is 1. The van der Waals surface area contributed by atoms with Crippen molar-refractivity contribution in [2.75, 3.05) is 26.3 Å². The number of hydrogen-bond acceptors (Lipinski definition) is 3. The summed E-state index contributed by atoms with van der Waals surface area (Å²) >= 11 is 0. The van der Waals surface area contributed by atoms with Gasteiger partial charge in [-0.25, -0.2) is 0 Å². The minimum Gasteiger partial charge on any atom is -0.389 e. The molecule has 0 bridgehead atoms. The van der Waals surface area contributed by atoms with Crippen LogP contribution in [0.15, 0.2) is 29.8 Å². The van der Waals surface area contributed by atoms with Gasteiger partial charge in [-0.05, 0) is 62.6 Å². The summed E-state index contributed by atoms with van der Waals surface area (Å²) in [6.45, 7) is 3.88. The Balaban J connectivity index is 1.35. The van der Waals surface area contributed by atoms with Crippen molar-refractivity contribution < 1.29 is 9.84 Å². The van der Waals surface area contributed by atoms with Gasteiger partial charge in [0.05, 0.1) is 5.60 Å². The predicted octanol–water partition coefficient (Wildman–Crippen LogP) is 4.19. The zero-order valence-electron chi connectivity index (χ0n) is 16.0. The second-order valence-electron chi connectivity index (χ2n) is 8.53. The third-order valence-corrected chi connectivity index (χ3v) is 6.56. The zero-order chi connectivity index (χ0) is 17.8. The van der Waals surface area contributed by atoms with Gasteiger partial charge in [-0.3, -0.25) is 0 Å². The molecule has 26 heavy (non-hydrogen) atoms. The van der Waals surface area contributed by atoms with E-state index in [-0.39, 0.29) is 0 Å². The standard InChI is InChI=1S/C23H33NO2/c25-23(11-15-26-16-12-23)18-21-8-6-20(7-9-21)17-19-3-2-13-24(14-10-19)22-4-1-5-22/h6-9,17,22,25H,1-5,10-16,18H2/b19-17+. The first-order chi connectivity index (χ1) is 12.7. The Morgan fingerprint density at radius 3 is 2.50 bits per heavy atom. The average molecular weight is 356 g/mol. The topological polar surface area (TPSA) is 32.7 Å². The number of aliphatic hydroxyl groups is 1. The number of ether oxygens (including phenoxy) is 1. The molecule has 1 aromatic rings. The van der Waals surface area contributed by atoms with Gasteiger partial charge in [0.25, 0.3) is 0 Å². The second-order valence-corrected chi connectivity index (χ2v) is 8.53. The van der Waals surface area contributed by atoms with Gasteiger partial charge < -0.3 is 14.7 Å². The molecule has 0 radical (unpaired) electrons. The van der Waals surface area contributed by atoms with E-state index in [0.717, 1.165) is 25.3 Å². The Morgan fingerprint density at radius 1 is 1.04 bits per heavy atom. The molecule has 0 spiro atoms. The van der Waals surface area contributed by atoms with Crippen LogP contribution in [-0.4, -0.2) is 48.0 Å². The summed E-state index contributed by atoms with van der Waals surface area (Å²) < 4.78 is 5.38. The summed E-state index contributed by atoms with van der Waals surface area (Å²) in [5.74, 6) is 0. The molecule has 2 heterocycles. The van der Waals surface area contributed by atoms with Crippen LogP contribution in [0, 0.1) is 0 Å². The molecule has 142 valence electrons. The van der Waals surface area contributed by atoms with Crippen LogP contribution in [0.2, 0.25) is 0 Å². The fraction of sp³-hybridized carbons (Fsp3) is 0.652. The smallest absolute Gasteiger partial charge is 0.0731 e. The molecule has 0 amide bonds. The Morgan fingerprint density at radius 2 is 1.81 bits per heavy atom. The van der Waals surface area contributed by atoms with Gasteiger partial charge in [-0.1, -0.05) is 42.3 Å². The third kappa shape index (κ3) is 4.57. The van der Waals surface area contributed by atoms with Gasteiger partial charge in [0, 0.05) is 32.2 Å². The Hall–Kier alpha value is -1.16. The van der Waals surface area contributed by atoms with Crippen LogP contribution in [0.5, 0.6) is 0 Å². The minimum absolute atomic E-state index is 0.579. The Kier molecular flexibility index (Phi) is 5.78. The maximum atomic E-state index is 10.7. The molecule has 2 saturated heterocycles. The molecule has 1 N–H and O–H groups in total. The fourth-order valence-corrected chi connectivity index (χ4v) is 4.57. The molecule has 3 fully saturated rings. The first kappa shape index (κ1) is 18.2. The van der Waals surface area contributed by atoms with Crippen LogP contribution in [-0.2, 0) is 11.2 Å². The summed E-state index contributed by atoms with van der Waals surface area (Å²) in [5.41, 5.74) is 3.56. The van der Waals surface area contributed by atoms with Crippen molar-refractivity contribution in [1.29, 1.82) is 0 Å². The van der Waals surface area contributed by atoms with Crippen molar-refractivity contribution in [3.8, 4) is 0 Å². The molecule has 0 aromatic heterocycles. The van der Waals surface area contributed by atoms with E-state index < -0.39 is 5.60 Å². The molecule has 0 unspecified atom stereocenters. The van der Waals surface area contributed by atoms with Crippen LogP contribution in [0.1, 0.15) is 62.5 Å². The van der Waals surface area contributed by atoms with Crippen molar-refractivity contribution >= 4 is 6.08 Å². The van der Waals surface area contributed by atoms with E-state index in [2.05, 4.69) is 35.2 Å². The normalized spacial score (nSPS) is 26.4. The molecular weight excluding hydrogens is 322 g/mol. The molecule has 3 nitrogen and oxygen atoms in total. The highest BCUT2D eigenvalue weighted by Crippen LogP contribution is 2.29. The van der Waals surface area contributed by atoms with Gasteiger partial charge in [0.2, 0.25) is 0 Å². The fourth-order valence-electron chi connectivity index (χ4n) is 4.57. The highest BCUT2D eigenvalue weighted by Gasteiger charge is 2.30. The van der Waals surface area contributed by atoms with Gasteiger partial charge in [-0.2, -0.15) is 0 Å². The van der Waals surface area contributed by atoms with Crippen molar-refractivity contribution in [2.24, 2.45) is 0 Å². The van der Waals surface area contributed by atoms with Gasteiger partial charge >= 0.3 is 0 Å². The maximum absolute atomic E-state index is 10.7. The van der Waals surface area contributed by atoms with Crippen LogP contribution in [0.3, 0.4) is 0 Å². The van der Waals surface area contributed by atoms with Crippen LogP contribution in [0.4, 0.5) is 0 Å². The number of nitrogens with zero attached hydrogens (tertiary/aromatic N) is 1. The van der Waals surface area contributed by atoms with Gasteiger partial charge in [0.1, 0.15) is 0 Å². The molecule has 1 aliphatic carbocycles. The van der Waals surface area contributed by atoms with Crippen molar-refractivity contribution in [3.05, 3.63) is 41.0 Å². The molecule has 1 aromatic carbocycles. The quantitative estimate of drug-likeness (QED) is 0.879. The number of likely N-dealkylation sites (tertiary alicyclic amines) is 1. The molecule has 3 aliphatic rings. The van der Waals surface area contributed by atoms with E-state index in [0.29, 0.717) is 13.2 Å². The first-order valence-corrected chi connectivity index (χ1v) is 10.5. The van der Waals surface area contributed by atoms with E-state index in [9.17, 15) is 5.11 Å². The molecule has 4 rings (SSSR count). The van der Waals surface area contributed by atoms with Crippen LogP contribution < -0.4 is 0 Å². The lowest BCUT2D eigenvalue weighted by Crippen LogP contribution is -2.40. The Bertz CT molecular complexity index is 612. The third-order valence-electron chi connectivity index (χ3n) is 6.56. The summed E-state index contributed by atoms with van der Waals surface area (Å²) in [6, 6.07) is 9.71. The second kappa shape index (κ2) is 8.24. The maximum Gasteiger partial charge on any atom is 0.0731 e. The lowest BCUT2D eigenvalue weighted by molar-refractivity contribution is -0.0625. The summed E-state index contributed by atoms with van der Waals surface area (Å²) in [4.78, 5) is 2.72. The summed E-state index contributed by atoms with van der Waals surface area (Å²) in [5, 5.41) is 10.7. The lowest BCUT2D eigenvalue weighted by atomic mass is 9.87. The largest absolute Gasteiger partial charge is 0.389 e. The molecular formula is C23H33NO2. The molecule has 2 aliphatic heterocycles. The van der Waals surface area contributed by atoms with E-state index in [1.165, 1.54) is 62.7 Å². The zero-order valence-corrected chi connectivity index (χ0v) is 16.0. The van der Waals surface area contributed by atoms with Crippen LogP contribution in [0.25, 0.3) is 6.08 Å². The SMILES string of the molecule is OC1(Cc2ccc(/C=C3\CCCN(C4CCC4)CC3)cc2)CCOCC1. The Labute approximate surface area is 158 Å². The minimum atomic E-state index is -0.579. The average Bonchev–Trinajstić information content (AvgIpc) is 2.81. The number of benzene rings is 1. The van der Waals surface area contributed by atoms with Gasteiger partial charge in [0.15, 0.2) is 0 Å². The monoisotopic (exact) mass is 355 g/mol. The predicted molar refractivity (Wildman–Crippen MR) is 106 cm³/mol. The van der Waals surface area contributed by atoms with Crippen molar-refractivity contribution in [2.45, 2.75) is 69.4 Å². The molecule has 1 saturated carbocycles. The van der Waals surface area contributed by atoms with Gasteiger partial charge in [-0.15, -0.1) is 0 Å². The van der Waals surface area contributed by atoms with Crippen molar-refractivity contribution in [1.82, 2.24) is 4.90 Å². The van der Waals surface area contributed by atoms with E-state index >= 15 is 0 Å². The first-order valence-electron chi connectivity index (χ1n) is 10.5. The highest BCUT2D eigenvalue weighted by molar-refractivity contribution is 5.53.